The van der Waals surface area contributed by atoms with Crippen LogP contribution < -0.4 is 9.62 Å². The maximum atomic E-state index is 12.7. The Morgan fingerprint density at radius 3 is 2.59 bits per heavy atom. The first-order valence-electron chi connectivity index (χ1n) is 9.20. The molecule has 6 nitrogen and oxygen atoms in total. The third-order valence-corrected chi connectivity index (χ3v) is 6.35. The molecule has 3 rings (SSSR count). The van der Waals surface area contributed by atoms with Crippen molar-refractivity contribution in [2.24, 2.45) is 0 Å². The SMILES string of the molecule is CCCN(Cc1ccccc1)C(=O)Nc1cccc(N2CCCS2(=O)=O)c1. The summed E-state index contributed by atoms with van der Waals surface area (Å²) in [6.45, 7) is 3.68. The largest absolute Gasteiger partial charge is 0.322 e. The zero-order chi connectivity index (χ0) is 19.3. The van der Waals surface area contributed by atoms with Gasteiger partial charge in [0.05, 0.1) is 11.4 Å². The fourth-order valence-corrected chi connectivity index (χ4v) is 4.75. The van der Waals surface area contributed by atoms with Crippen LogP contribution in [0.3, 0.4) is 0 Å². The van der Waals surface area contributed by atoms with Gasteiger partial charge < -0.3 is 10.2 Å². The van der Waals surface area contributed by atoms with Crippen LogP contribution in [0, 0.1) is 0 Å². The van der Waals surface area contributed by atoms with Crippen LogP contribution in [0.5, 0.6) is 0 Å². The summed E-state index contributed by atoms with van der Waals surface area (Å²) in [6, 6.07) is 16.7. The lowest BCUT2D eigenvalue weighted by atomic mass is 10.2. The Bertz CT molecular complexity index is 884. The van der Waals surface area contributed by atoms with Gasteiger partial charge >= 0.3 is 6.03 Å². The van der Waals surface area contributed by atoms with Crippen molar-refractivity contribution >= 4 is 27.4 Å². The highest BCUT2D eigenvalue weighted by Gasteiger charge is 2.28. The molecule has 1 heterocycles. The summed E-state index contributed by atoms with van der Waals surface area (Å²) in [5.41, 5.74) is 2.25. The minimum atomic E-state index is -3.24. The number of carbonyl (C=O) groups is 1. The van der Waals surface area contributed by atoms with Gasteiger partial charge in [-0.1, -0.05) is 43.3 Å². The predicted molar refractivity (Wildman–Crippen MR) is 108 cm³/mol. The van der Waals surface area contributed by atoms with E-state index in [0.29, 0.717) is 37.4 Å². The van der Waals surface area contributed by atoms with Crippen molar-refractivity contribution < 1.29 is 13.2 Å². The summed E-state index contributed by atoms with van der Waals surface area (Å²) in [5.74, 6) is 0.172. The summed E-state index contributed by atoms with van der Waals surface area (Å²) in [4.78, 5) is 14.5. The van der Waals surface area contributed by atoms with Crippen molar-refractivity contribution in [3.05, 3.63) is 60.2 Å². The van der Waals surface area contributed by atoms with E-state index >= 15 is 0 Å². The molecule has 1 saturated heterocycles. The number of benzene rings is 2. The average Bonchev–Trinajstić information content (AvgIpc) is 3.01. The molecule has 2 aromatic rings. The third kappa shape index (κ3) is 4.80. The van der Waals surface area contributed by atoms with Gasteiger partial charge in [0.25, 0.3) is 0 Å². The Morgan fingerprint density at radius 1 is 1.15 bits per heavy atom. The van der Waals surface area contributed by atoms with Gasteiger partial charge in [0, 0.05) is 25.3 Å². The van der Waals surface area contributed by atoms with Crippen molar-refractivity contribution in [3.8, 4) is 0 Å². The number of hydrogen-bond donors (Lipinski definition) is 1. The second kappa shape index (κ2) is 8.43. The number of nitrogens with one attached hydrogen (secondary N) is 1. The molecule has 0 radical (unpaired) electrons. The molecule has 144 valence electrons. The van der Waals surface area contributed by atoms with Gasteiger partial charge in [-0.05, 0) is 36.6 Å². The van der Waals surface area contributed by atoms with E-state index in [4.69, 9.17) is 0 Å². The van der Waals surface area contributed by atoms with E-state index in [2.05, 4.69) is 5.32 Å². The minimum Gasteiger partial charge on any atom is -0.320 e. The van der Waals surface area contributed by atoms with Crippen LogP contribution in [0.1, 0.15) is 25.3 Å². The van der Waals surface area contributed by atoms with Crippen molar-refractivity contribution in [1.82, 2.24) is 4.90 Å². The van der Waals surface area contributed by atoms with Gasteiger partial charge in [-0.3, -0.25) is 4.31 Å². The molecule has 0 bridgehead atoms. The van der Waals surface area contributed by atoms with Crippen molar-refractivity contribution in [3.63, 3.8) is 0 Å². The fourth-order valence-electron chi connectivity index (χ4n) is 3.20. The van der Waals surface area contributed by atoms with Crippen LogP contribution >= 0.6 is 0 Å². The number of nitrogens with zero attached hydrogens (tertiary/aromatic N) is 2. The first kappa shape index (κ1) is 19.2. The molecule has 1 fully saturated rings. The molecule has 0 spiro atoms. The fraction of sp³-hybridized carbons (Fsp3) is 0.350. The number of carbonyl (C=O) groups excluding carboxylic acids is 1. The van der Waals surface area contributed by atoms with Gasteiger partial charge in [0.15, 0.2) is 0 Å². The average molecular weight is 388 g/mol. The van der Waals surface area contributed by atoms with E-state index < -0.39 is 10.0 Å². The van der Waals surface area contributed by atoms with Crippen molar-refractivity contribution in [2.75, 3.05) is 28.5 Å². The Hall–Kier alpha value is -2.54. The number of sulfonamides is 1. The minimum absolute atomic E-state index is 0.172. The van der Waals surface area contributed by atoms with E-state index in [1.54, 1.807) is 29.2 Å². The molecular formula is C20H25N3O3S. The summed E-state index contributed by atoms with van der Waals surface area (Å²) < 4.78 is 25.7. The molecule has 0 aliphatic carbocycles. The van der Waals surface area contributed by atoms with E-state index in [-0.39, 0.29) is 11.8 Å². The second-order valence-corrected chi connectivity index (χ2v) is 8.64. The van der Waals surface area contributed by atoms with Gasteiger partial charge in [0.2, 0.25) is 10.0 Å². The number of hydrogen-bond acceptors (Lipinski definition) is 3. The third-order valence-electron chi connectivity index (χ3n) is 4.48. The van der Waals surface area contributed by atoms with Crippen LogP contribution in [0.25, 0.3) is 0 Å². The topological polar surface area (TPSA) is 69.7 Å². The predicted octanol–water partition coefficient (Wildman–Crippen LogP) is 3.67. The lowest BCUT2D eigenvalue weighted by Gasteiger charge is -2.23. The molecule has 1 N–H and O–H groups in total. The molecule has 1 aliphatic rings. The van der Waals surface area contributed by atoms with Crippen LogP contribution in [-0.2, 0) is 16.6 Å². The summed E-state index contributed by atoms with van der Waals surface area (Å²) in [7, 11) is -3.24. The Morgan fingerprint density at radius 2 is 1.93 bits per heavy atom. The Balaban J connectivity index is 1.73. The Kier molecular flexibility index (Phi) is 6.01. The molecule has 27 heavy (non-hydrogen) atoms. The highest BCUT2D eigenvalue weighted by molar-refractivity contribution is 7.93. The summed E-state index contributed by atoms with van der Waals surface area (Å²) >= 11 is 0. The van der Waals surface area contributed by atoms with Gasteiger partial charge in [0.1, 0.15) is 0 Å². The maximum Gasteiger partial charge on any atom is 0.322 e. The van der Waals surface area contributed by atoms with Gasteiger partial charge in [-0.25, -0.2) is 13.2 Å². The van der Waals surface area contributed by atoms with Crippen LogP contribution in [-0.4, -0.2) is 38.2 Å². The molecule has 2 aromatic carbocycles. The van der Waals surface area contributed by atoms with Crippen molar-refractivity contribution in [2.45, 2.75) is 26.3 Å². The standard InChI is InChI=1S/C20H25N3O3S/c1-2-12-22(16-17-8-4-3-5-9-17)20(24)21-18-10-6-11-19(15-18)23-13-7-14-27(23,25)26/h3-6,8-11,15H,2,7,12-14,16H2,1H3,(H,21,24). The van der Waals surface area contributed by atoms with E-state index in [9.17, 15) is 13.2 Å². The number of rotatable bonds is 6. The number of urea groups is 1. The van der Waals surface area contributed by atoms with E-state index in [1.807, 2.05) is 37.3 Å². The molecule has 0 aromatic heterocycles. The lowest BCUT2D eigenvalue weighted by molar-refractivity contribution is 0.209. The number of anilines is 2. The highest BCUT2D eigenvalue weighted by atomic mass is 32.2. The van der Waals surface area contributed by atoms with E-state index in [0.717, 1.165) is 12.0 Å². The number of amides is 2. The van der Waals surface area contributed by atoms with E-state index in [1.165, 1.54) is 4.31 Å². The monoisotopic (exact) mass is 387 g/mol. The van der Waals surface area contributed by atoms with Crippen LogP contribution in [0.4, 0.5) is 16.2 Å². The molecule has 0 atom stereocenters. The maximum absolute atomic E-state index is 12.7. The van der Waals surface area contributed by atoms with Gasteiger partial charge in [-0.2, -0.15) is 0 Å². The van der Waals surface area contributed by atoms with Crippen molar-refractivity contribution in [1.29, 1.82) is 0 Å². The molecule has 0 unspecified atom stereocenters. The Labute approximate surface area is 160 Å². The zero-order valence-corrected chi connectivity index (χ0v) is 16.3. The quantitative estimate of drug-likeness (QED) is 0.822. The first-order chi connectivity index (χ1) is 13.0. The second-order valence-electron chi connectivity index (χ2n) is 6.63. The highest BCUT2D eigenvalue weighted by Crippen LogP contribution is 2.26. The van der Waals surface area contributed by atoms with Crippen LogP contribution in [0.2, 0.25) is 0 Å². The lowest BCUT2D eigenvalue weighted by Crippen LogP contribution is -2.35. The molecular weight excluding hydrogens is 362 g/mol. The molecule has 0 saturated carbocycles. The molecule has 7 heteroatoms. The molecule has 2 amide bonds. The smallest absolute Gasteiger partial charge is 0.320 e. The summed E-state index contributed by atoms with van der Waals surface area (Å²) in [5, 5.41) is 2.90. The van der Waals surface area contributed by atoms with Crippen LogP contribution in [0.15, 0.2) is 54.6 Å². The first-order valence-corrected chi connectivity index (χ1v) is 10.8. The zero-order valence-electron chi connectivity index (χ0n) is 15.5. The summed E-state index contributed by atoms with van der Waals surface area (Å²) in [6.07, 6.45) is 1.48. The molecule has 1 aliphatic heterocycles. The normalized spacial score (nSPS) is 15.5. The van der Waals surface area contributed by atoms with Gasteiger partial charge in [-0.15, -0.1) is 0 Å².